The van der Waals surface area contributed by atoms with Crippen molar-refractivity contribution in [2.75, 3.05) is 0 Å². The SMILES string of the molecule is Cc1cc(C(N)C2CCCC(C)C2)cs1. The lowest BCUT2D eigenvalue weighted by molar-refractivity contribution is 0.248. The van der Waals surface area contributed by atoms with Crippen molar-refractivity contribution < 1.29 is 0 Å². The third kappa shape index (κ3) is 2.61. The standard InChI is InChI=1S/C13H21NS/c1-9-4-3-5-11(6-9)13(14)12-7-10(2)15-8-12/h7-9,11,13H,3-6,14H2,1-2H3. The second-order valence-corrected chi connectivity index (χ2v) is 6.16. The molecule has 1 aromatic heterocycles. The first-order valence-electron chi connectivity index (χ1n) is 5.97. The fourth-order valence-corrected chi connectivity index (χ4v) is 3.47. The minimum absolute atomic E-state index is 0.276. The predicted molar refractivity (Wildman–Crippen MR) is 67.1 cm³/mol. The van der Waals surface area contributed by atoms with Gasteiger partial charge in [0, 0.05) is 10.9 Å². The van der Waals surface area contributed by atoms with E-state index in [1.807, 2.05) is 11.3 Å². The van der Waals surface area contributed by atoms with Crippen molar-refractivity contribution in [1.29, 1.82) is 0 Å². The third-order valence-electron chi connectivity index (χ3n) is 3.62. The van der Waals surface area contributed by atoms with Crippen LogP contribution >= 0.6 is 11.3 Å². The summed E-state index contributed by atoms with van der Waals surface area (Å²) in [6.45, 7) is 4.52. The molecule has 0 saturated heterocycles. The Balaban J connectivity index is 2.03. The van der Waals surface area contributed by atoms with Crippen molar-refractivity contribution >= 4 is 11.3 Å². The van der Waals surface area contributed by atoms with Gasteiger partial charge in [0.2, 0.25) is 0 Å². The highest BCUT2D eigenvalue weighted by atomic mass is 32.1. The summed E-state index contributed by atoms with van der Waals surface area (Å²) in [4.78, 5) is 1.38. The Morgan fingerprint density at radius 2 is 2.27 bits per heavy atom. The first-order valence-corrected chi connectivity index (χ1v) is 6.85. The van der Waals surface area contributed by atoms with E-state index in [2.05, 4.69) is 25.3 Å². The van der Waals surface area contributed by atoms with Crippen molar-refractivity contribution in [2.45, 2.75) is 45.6 Å². The number of nitrogens with two attached hydrogens (primary N) is 1. The molecule has 1 saturated carbocycles. The molecular weight excluding hydrogens is 202 g/mol. The molecule has 84 valence electrons. The van der Waals surface area contributed by atoms with Crippen LogP contribution in [0.1, 0.15) is 49.1 Å². The monoisotopic (exact) mass is 223 g/mol. The van der Waals surface area contributed by atoms with Crippen LogP contribution in [-0.2, 0) is 0 Å². The van der Waals surface area contributed by atoms with Crippen LogP contribution in [0, 0.1) is 18.8 Å². The van der Waals surface area contributed by atoms with E-state index < -0.39 is 0 Å². The normalized spacial score (nSPS) is 29.0. The summed E-state index contributed by atoms with van der Waals surface area (Å²) in [5, 5.41) is 2.24. The number of hydrogen-bond donors (Lipinski definition) is 1. The van der Waals surface area contributed by atoms with Gasteiger partial charge in [-0.1, -0.05) is 19.8 Å². The molecule has 0 aromatic carbocycles. The molecule has 2 N–H and O–H groups in total. The molecule has 15 heavy (non-hydrogen) atoms. The van der Waals surface area contributed by atoms with Crippen LogP contribution in [-0.4, -0.2) is 0 Å². The fourth-order valence-electron chi connectivity index (χ4n) is 2.72. The fraction of sp³-hybridized carbons (Fsp3) is 0.692. The van der Waals surface area contributed by atoms with E-state index in [4.69, 9.17) is 5.73 Å². The highest BCUT2D eigenvalue weighted by Crippen LogP contribution is 2.36. The van der Waals surface area contributed by atoms with E-state index in [0.29, 0.717) is 5.92 Å². The highest BCUT2D eigenvalue weighted by Gasteiger charge is 2.25. The van der Waals surface area contributed by atoms with E-state index in [-0.39, 0.29) is 6.04 Å². The molecule has 1 aliphatic carbocycles. The van der Waals surface area contributed by atoms with Gasteiger partial charge >= 0.3 is 0 Å². The minimum Gasteiger partial charge on any atom is -0.324 e. The summed E-state index contributed by atoms with van der Waals surface area (Å²) >= 11 is 1.82. The molecule has 1 aliphatic rings. The molecule has 0 amide bonds. The summed E-state index contributed by atoms with van der Waals surface area (Å²) in [6, 6.07) is 2.53. The smallest absolute Gasteiger partial charge is 0.0332 e. The van der Waals surface area contributed by atoms with E-state index in [1.165, 1.54) is 36.1 Å². The Morgan fingerprint density at radius 3 is 2.87 bits per heavy atom. The molecule has 3 unspecified atom stereocenters. The third-order valence-corrected chi connectivity index (χ3v) is 4.50. The molecule has 0 aliphatic heterocycles. The first kappa shape index (κ1) is 11.2. The lowest BCUT2D eigenvalue weighted by atomic mass is 9.77. The van der Waals surface area contributed by atoms with Gasteiger partial charge in [-0.25, -0.2) is 0 Å². The number of rotatable bonds is 2. The molecule has 0 bridgehead atoms. The van der Waals surface area contributed by atoms with Crippen LogP contribution in [0.5, 0.6) is 0 Å². The van der Waals surface area contributed by atoms with Crippen LogP contribution < -0.4 is 5.73 Å². The highest BCUT2D eigenvalue weighted by molar-refractivity contribution is 7.10. The average molecular weight is 223 g/mol. The lowest BCUT2D eigenvalue weighted by Gasteiger charge is -2.30. The summed E-state index contributed by atoms with van der Waals surface area (Å²) in [7, 11) is 0. The average Bonchev–Trinajstić information content (AvgIpc) is 2.64. The largest absolute Gasteiger partial charge is 0.324 e. The molecule has 1 nitrogen and oxygen atoms in total. The number of hydrogen-bond acceptors (Lipinski definition) is 2. The van der Waals surface area contributed by atoms with Gasteiger partial charge in [-0.2, -0.15) is 0 Å². The Bertz CT molecular complexity index is 318. The van der Waals surface area contributed by atoms with Gasteiger partial charge in [-0.15, -0.1) is 11.3 Å². The molecule has 0 radical (unpaired) electrons. The molecular formula is C13H21NS. The summed E-state index contributed by atoms with van der Waals surface area (Å²) in [6.07, 6.45) is 5.39. The maximum atomic E-state index is 6.35. The first-order chi connectivity index (χ1) is 7.16. The second-order valence-electron chi connectivity index (χ2n) is 5.05. The summed E-state index contributed by atoms with van der Waals surface area (Å²) in [5.41, 5.74) is 7.71. The molecule has 1 aromatic rings. The molecule has 1 fully saturated rings. The van der Waals surface area contributed by atoms with Crippen LogP contribution in [0.2, 0.25) is 0 Å². The minimum atomic E-state index is 0.276. The van der Waals surface area contributed by atoms with Crippen molar-refractivity contribution in [2.24, 2.45) is 17.6 Å². The summed E-state index contributed by atoms with van der Waals surface area (Å²) in [5.74, 6) is 1.58. The van der Waals surface area contributed by atoms with E-state index in [9.17, 15) is 0 Å². The molecule has 2 heteroatoms. The van der Waals surface area contributed by atoms with Gasteiger partial charge in [0.25, 0.3) is 0 Å². The zero-order valence-electron chi connectivity index (χ0n) is 9.70. The zero-order valence-corrected chi connectivity index (χ0v) is 10.5. The zero-order chi connectivity index (χ0) is 10.8. The van der Waals surface area contributed by atoms with Gasteiger partial charge in [0.1, 0.15) is 0 Å². The molecule has 1 heterocycles. The second kappa shape index (κ2) is 4.67. The maximum absolute atomic E-state index is 6.35. The number of thiophene rings is 1. The van der Waals surface area contributed by atoms with Gasteiger partial charge in [0.05, 0.1) is 0 Å². The van der Waals surface area contributed by atoms with Gasteiger partial charge in [0.15, 0.2) is 0 Å². The van der Waals surface area contributed by atoms with Crippen LogP contribution in [0.25, 0.3) is 0 Å². The van der Waals surface area contributed by atoms with Gasteiger partial charge in [-0.3, -0.25) is 0 Å². The molecule has 0 spiro atoms. The van der Waals surface area contributed by atoms with Crippen LogP contribution in [0.4, 0.5) is 0 Å². The maximum Gasteiger partial charge on any atom is 0.0332 e. The van der Waals surface area contributed by atoms with Crippen molar-refractivity contribution in [3.8, 4) is 0 Å². The quantitative estimate of drug-likeness (QED) is 0.809. The molecule has 3 atom stereocenters. The van der Waals surface area contributed by atoms with Crippen molar-refractivity contribution in [3.63, 3.8) is 0 Å². The summed E-state index contributed by atoms with van der Waals surface area (Å²) < 4.78 is 0. The Morgan fingerprint density at radius 1 is 1.47 bits per heavy atom. The van der Waals surface area contributed by atoms with E-state index in [1.54, 1.807) is 0 Å². The van der Waals surface area contributed by atoms with Gasteiger partial charge < -0.3 is 5.73 Å². The Hall–Kier alpha value is -0.340. The number of aryl methyl sites for hydroxylation is 1. The van der Waals surface area contributed by atoms with Crippen molar-refractivity contribution in [1.82, 2.24) is 0 Å². The molecule has 2 rings (SSSR count). The van der Waals surface area contributed by atoms with Gasteiger partial charge in [-0.05, 0) is 48.6 Å². The van der Waals surface area contributed by atoms with E-state index in [0.717, 1.165) is 5.92 Å². The topological polar surface area (TPSA) is 26.0 Å². The van der Waals surface area contributed by atoms with Crippen molar-refractivity contribution in [3.05, 3.63) is 21.9 Å². The van der Waals surface area contributed by atoms with E-state index >= 15 is 0 Å². The Kier molecular flexibility index (Phi) is 3.47. The van der Waals surface area contributed by atoms with Crippen LogP contribution in [0.15, 0.2) is 11.4 Å². The Labute approximate surface area is 96.7 Å². The lowest BCUT2D eigenvalue weighted by Crippen LogP contribution is -2.25. The predicted octanol–water partition coefficient (Wildman–Crippen LogP) is 3.88. The van der Waals surface area contributed by atoms with Crippen LogP contribution in [0.3, 0.4) is 0 Å².